The predicted octanol–water partition coefficient (Wildman–Crippen LogP) is 2.93. The molecule has 0 atom stereocenters. The highest BCUT2D eigenvalue weighted by Gasteiger charge is 2.08. The molecule has 2 aromatic rings. The topological polar surface area (TPSA) is 39.9 Å². The minimum Gasteiger partial charge on any atom is -0.362 e. The van der Waals surface area contributed by atoms with E-state index in [2.05, 4.69) is 27.0 Å². The van der Waals surface area contributed by atoms with Crippen LogP contribution in [0.15, 0.2) is 28.7 Å². The van der Waals surface area contributed by atoms with E-state index in [9.17, 15) is 0 Å². The number of hydrogen-bond acceptors (Lipinski definition) is 3. The van der Waals surface area contributed by atoms with Crippen molar-refractivity contribution in [1.29, 1.82) is 5.26 Å². The number of hydrogen-bond donors (Lipinski definition) is 0. The van der Waals surface area contributed by atoms with Crippen LogP contribution in [0.4, 0.5) is 5.82 Å². The Labute approximate surface area is 102 Å². The molecule has 0 aliphatic heterocycles. The summed E-state index contributed by atoms with van der Waals surface area (Å²) in [5.74, 6) is 0.706. The van der Waals surface area contributed by atoms with Crippen molar-refractivity contribution >= 4 is 32.7 Å². The summed E-state index contributed by atoms with van der Waals surface area (Å²) in [5, 5.41) is 10.0. The maximum Gasteiger partial charge on any atom is 0.146 e. The molecule has 1 aromatic heterocycles. The average molecular weight is 276 g/mol. The van der Waals surface area contributed by atoms with Crippen molar-refractivity contribution in [3.8, 4) is 6.07 Å². The molecule has 3 nitrogen and oxygen atoms in total. The van der Waals surface area contributed by atoms with Crippen LogP contribution in [0.25, 0.3) is 10.9 Å². The second-order valence-corrected chi connectivity index (χ2v) is 4.62. The molecular weight excluding hydrogens is 266 g/mol. The fourth-order valence-corrected chi connectivity index (χ4v) is 1.94. The number of halogens is 1. The molecule has 0 N–H and O–H groups in total. The van der Waals surface area contributed by atoms with Crippen LogP contribution in [0, 0.1) is 11.3 Å². The van der Waals surface area contributed by atoms with Gasteiger partial charge in [0.15, 0.2) is 0 Å². The number of pyridine rings is 1. The van der Waals surface area contributed by atoms with E-state index in [0.717, 1.165) is 15.4 Å². The van der Waals surface area contributed by atoms with E-state index >= 15 is 0 Å². The standard InChI is InChI=1S/C12H10BrN3/c1-16(2)12-9(7-14)5-8-6-10(13)3-4-11(8)15-12/h3-6H,1-2H3. The van der Waals surface area contributed by atoms with Crippen LogP contribution in [0.1, 0.15) is 5.56 Å². The van der Waals surface area contributed by atoms with Crippen LogP contribution in [0.3, 0.4) is 0 Å². The van der Waals surface area contributed by atoms with Gasteiger partial charge in [-0.15, -0.1) is 0 Å². The molecule has 4 heteroatoms. The molecule has 0 unspecified atom stereocenters. The molecule has 16 heavy (non-hydrogen) atoms. The molecule has 0 aliphatic carbocycles. The molecule has 0 amide bonds. The minimum absolute atomic E-state index is 0.593. The zero-order chi connectivity index (χ0) is 11.7. The van der Waals surface area contributed by atoms with Crippen LogP contribution in [-0.4, -0.2) is 19.1 Å². The SMILES string of the molecule is CN(C)c1nc2ccc(Br)cc2cc1C#N. The summed E-state index contributed by atoms with van der Waals surface area (Å²) in [6.45, 7) is 0. The lowest BCUT2D eigenvalue weighted by atomic mass is 10.1. The van der Waals surface area contributed by atoms with Crippen molar-refractivity contribution in [2.45, 2.75) is 0 Å². The summed E-state index contributed by atoms with van der Waals surface area (Å²) in [4.78, 5) is 6.32. The van der Waals surface area contributed by atoms with E-state index in [0.29, 0.717) is 11.4 Å². The Bertz CT molecular complexity index is 585. The number of rotatable bonds is 1. The summed E-state index contributed by atoms with van der Waals surface area (Å²) in [6.07, 6.45) is 0. The number of nitrogens with zero attached hydrogens (tertiary/aromatic N) is 3. The number of anilines is 1. The second kappa shape index (κ2) is 4.11. The Morgan fingerprint density at radius 1 is 1.31 bits per heavy atom. The fraction of sp³-hybridized carbons (Fsp3) is 0.167. The van der Waals surface area contributed by atoms with Crippen molar-refractivity contribution in [2.75, 3.05) is 19.0 Å². The lowest BCUT2D eigenvalue weighted by Crippen LogP contribution is -2.12. The monoisotopic (exact) mass is 275 g/mol. The van der Waals surface area contributed by atoms with Crippen molar-refractivity contribution in [1.82, 2.24) is 4.98 Å². The number of nitriles is 1. The van der Waals surface area contributed by atoms with Crippen LogP contribution in [0.2, 0.25) is 0 Å². The van der Waals surface area contributed by atoms with Crippen molar-refractivity contribution in [3.63, 3.8) is 0 Å². The number of aromatic nitrogens is 1. The fourth-order valence-electron chi connectivity index (χ4n) is 1.56. The third-order valence-corrected chi connectivity index (χ3v) is 2.79. The van der Waals surface area contributed by atoms with E-state index in [1.807, 2.05) is 43.3 Å². The van der Waals surface area contributed by atoms with Gasteiger partial charge in [-0.25, -0.2) is 4.98 Å². The van der Waals surface area contributed by atoms with E-state index in [-0.39, 0.29) is 0 Å². The molecule has 0 radical (unpaired) electrons. The third kappa shape index (κ3) is 1.86. The van der Waals surface area contributed by atoms with Crippen LogP contribution in [0.5, 0.6) is 0 Å². The summed E-state index contributed by atoms with van der Waals surface area (Å²) >= 11 is 3.41. The van der Waals surface area contributed by atoms with Crippen molar-refractivity contribution in [3.05, 3.63) is 34.3 Å². The molecule has 1 aromatic carbocycles. The molecule has 0 spiro atoms. The lowest BCUT2D eigenvalue weighted by molar-refractivity contribution is 1.08. The molecule has 0 bridgehead atoms. The summed E-state index contributed by atoms with van der Waals surface area (Å²) in [7, 11) is 3.77. The Balaban J connectivity index is 2.76. The minimum atomic E-state index is 0.593. The molecule has 0 saturated heterocycles. The predicted molar refractivity (Wildman–Crippen MR) is 68.5 cm³/mol. The van der Waals surface area contributed by atoms with Crippen LogP contribution < -0.4 is 4.90 Å². The van der Waals surface area contributed by atoms with Crippen LogP contribution in [-0.2, 0) is 0 Å². The van der Waals surface area contributed by atoms with Gasteiger partial charge in [-0.2, -0.15) is 5.26 Å². The van der Waals surface area contributed by atoms with Crippen LogP contribution >= 0.6 is 15.9 Å². The molecule has 0 fully saturated rings. The summed E-state index contributed by atoms with van der Waals surface area (Å²) in [6, 6.07) is 9.88. The van der Waals surface area contributed by atoms with Gasteiger partial charge in [0, 0.05) is 24.0 Å². The first-order chi connectivity index (χ1) is 7.61. The zero-order valence-electron chi connectivity index (χ0n) is 9.03. The largest absolute Gasteiger partial charge is 0.362 e. The highest BCUT2D eigenvalue weighted by Crippen LogP contribution is 2.24. The molecule has 2 rings (SSSR count). The Morgan fingerprint density at radius 3 is 2.69 bits per heavy atom. The Kier molecular flexibility index (Phi) is 2.80. The van der Waals surface area contributed by atoms with E-state index in [1.165, 1.54) is 0 Å². The van der Waals surface area contributed by atoms with Gasteiger partial charge in [-0.1, -0.05) is 15.9 Å². The highest BCUT2D eigenvalue weighted by atomic mass is 79.9. The smallest absolute Gasteiger partial charge is 0.146 e. The first-order valence-electron chi connectivity index (χ1n) is 4.79. The first kappa shape index (κ1) is 10.9. The van der Waals surface area contributed by atoms with Gasteiger partial charge >= 0.3 is 0 Å². The first-order valence-corrected chi connectivity index (χ1v) is 5.59. The zero-order valence-corrected chi connectivity index (χ0v) is 10.6. The van der Waals surface area contributed by atoms with Crippen molar-refractivity contribution in [2.24, 2.45) is 0 Å². The van der Waals surface area contributed by atoms with E-state index < -0.39 is 0 Å². The molecule has 0 saturated carbocycles. The van der Waals surface area contributed by atoms with Gasteiger partial charge in [0.25, 0.3) is 0 Å². The summed E-state index contributed by atoms with van der Waals surface area (Å²) in [5.41, 5.74) is 1.49. The quantitative estimate of drug-likeness (QED) is 0.804. The van der Waals surface area contributed by atoms with E-state index in [1.54, 1.807) is 0 Å². The summed E-state index contributed by atoms with van der Waals surface area (Å²) < 4.78 is 0.989. The third-order valence-electron chi connectivity index (χ3n) is 2.30. The second-order valence-electron chi connectivity index (χ2n) is 3.70. The van der Waals surface area contributed by atoms with Gasteiger partial charge in [-0.3, -0.25) is 0 Å². The maximum absolute atomic E-state index is 9.07. The van der Waals surface area contributed by atoms with Gasteiger partial charge < -0.3 is 4.90 Å². The molecule has 1 heterocycles. The maximum atomic E-state index is 9.07. The van der Waals surface area contributed by atoms with Gasteiger partial charge in [-0.05, 0) is 24.3 Å². The van der Waals surface area contributed by atoms with E-state index in [4.69, 9.17) is 5.26 Å². The normalized spacial score (nSPS) is 10.1. The number of fused-ring (bicyclic) bond motifs is 1. The molecule has 0 aliphatic rings. The van der Waals surface area contributed by atoms with Gasteiger partial charge in [0.05, 0.1) is 11.1 Å². The molecule has 80 valence electrons. The van der Waals surface area contributed by atoms with Gasteiger partial charge in [0.2, 0.25) is 0 Å². The average Bonchev–Trinajstić information content (AvgIpc) is 2.26. The Morgan fingerprint density at radius 2 is 2.06 bits per heavy atom. The number of benzene rings is 1. The lowest BCUT2D eigenvalue weighted by Gasteiger charge is -2.13. The highest BCUT2D eigenvalue weighted by molar-refractivity contribution is 9.10. The van der Waals surface area contributed by atoms with Gasteiger partial charge in [0.1, 0.15) is 11.9 Å². The van der Waals surface area contributed by atoms with Crippen molar-refractivity contribution < 1.29 is 0 Å². The molecular formula is C12H10BrN3. The Hall–Kier alpha value is -1.60.